The molecule has 1 heterocycles. The number of amides is 1. The summed E-state index contributed by atoms with van der Waals surface area (Å²) in [4.78, 5) is 16.8. The van der Waals surface area contributed by atoms with Crippen LogP contribution in [0.1, 0.15) is 23.5 Å². The number of hydrogen-bond donors (Lipinski definition) is 1. The van der Waals surface area contributed by atoms with Crippen molar-refractivity contribution in [2.45, 2.75) is 19.3 Å². The maximum Gasteiger partial charge on any atom is 0.229 e. The highest BCUT2D eigenvalue weighted by atomic mass is 32.1. The summed E-state index contributed by atoms with van der Waals surface area (Å²) in [7, 11) is 0. The van der Waals surface area contributed by atoms with Crippen LogP contribution in [0.15, 0.2) is 48.5 Å². The molecule has 0 spiro atoms. The molecule has 22 heavy (non-hydrogen) atoms. The van der Waals surface area contributed by atoms with Gasteiger partial charge in [0.15, 0.2) is 5.13 Å². The smallest absolute Gasteiger partial charge is 0.229 e. The minimum atomic E-state index is 0.0798. The number of nitrogens with one attached hydrogen (secondary N) is 1. The van der Waals surface area contributed by atoms with E-state index in [0.717, 1.165) is 16.6 Å². The number of hydrogen-bond acceptors (Lipinski definition) is 3. The Kier molecular flexibility index (Phi) is 3.19. The molecule has 1 fully saturated rings. The first kappa shape index (κ1) is 13.5. The zero-order chi connectivity index (χ0) is 15.1. The molecule has 1 aliphatic rings. The number of benzene rings is 2. The van der Waals surface area contributed by atoms with E-state index in [9.17, 15) is 4.79 Å². The van der Waals surface area contributed by atoms with Crippen molar-refractivity contribution in [3.8, 4) is 0 Å². The number of carbonyl (C=O) groups excluding carboxylic acids is 1. The van der Waals surface area contributed by atoms with Gasteiger partial charge < -0.3 is 5.32 Å². The van der Waals surface area contributed by atoms with E-state index in [-0.39, 0.29) is 11.8 Å². The highest BCUT2D eigenvalue weighted by Gasteiger charge is 2.44. The van der Waals surface area contributed by atoms with Crippen LogP contribution in [-0.2, 0) is 4.79 Å². The molecule has 3 nitrogen and oxygen atoms in total. The van der Waals surface area contributed by atoms with Crippen molar-refractivity contribution in [1.82, 2.24) is 4.98 Å². The minimum Gasteiger partial charge on any atom is -0.302 e. The third-order valence-corrected chi connectivity index (χ3v) is 5.06. The molecular weight excluding hydrogens is 292 g/mol. The van der Waals surface area contributed by atoms with Crippen LogP contribution < -0.4 is 5.32 Å². The van der Waals surface area contributed by atoms with E-state index < -0.39 is 0 Å². The van der Waals surface area contributed by atoms with Crippen LogP contribution in [-0.4, -0.2) is 10.9 Å². The van der Waals surface area contributed by atoms with E-state index in [1.54, 1.807) is 0 Å². The highest BCUT2D eigenvalue weighted by molar-refractivity contribution is 7.22. The second kappa shape index (κ2) is 5.21. The summed E-state index contributed by atoms with van der Waals surface area (Å²) in [6.07, 6.45) is 0.930. The molecule has 2 aromatic carbocycles. The Bertz CT molecular complexity index is 841. The molecule has 4 heteroatoms. The lowest BCUT2D eigenvalue weighted by molar-refractivity contribution is -0.117. The maximum absolute atomic E-state index is 12.4. The fourth-order valence-electron chi connectivity index (χ4n) is 2.84. The number of anilines is 1. The normalized spacial score (nSPS) is 20.0. The predicted molar refractivity (Wildman–Crippen MR) is 90.3 cm³/mol. The third kappa shape index (κ3) is 2.50. The Labute approximate surface area is 133 Å². The van der Waals surface area contributed by atoms with Crippen molar-refractivity contribution in [2.75, 3.05) is 5.32 Å². The third-order valence-electron chi connectivity index (χ3n) is 4.13. The zero-order valence-corrected chi connectivity index (χ0v) is 13.1. The highest BCUT2D eigenvalue weighted by Crippen LogP contribution is 2.48. The molecule has 0 saturated heterocycles. The second-order valence-electron chi connectivity index (χ2n) is 5.84. The number of fused-ring (bicyclic) bond motifs is 1. The van der Waals surface area contributed by atoms with Crippen LogP contribution >= 0.6 is 11.3 Å². The number of carbonyl (C=O) groups is 1. The van der Waals surface area contributed by atoms with Gasteiger partial charge in [-0.25, -0.2) is 4.98 Å². The number of thiazole rings is 1. The van der Waals surface area contributed by atoms with Crippen LogP contribution in [0.3, 0.4) is 0 Å². The minimum absolute atomic E-state index is 0.0798. The molecular formula is C18H16N2OS. The van der Waals surface area contributed by atoms with E-state index >= 15 is 0 Å². The van der Waals surface area contributed by atoms with Crippen LogP contribution in [0.5, 0.6) is 0 Å². The maximum atomic E-state index is 12.4. The molecule has 1 aliphatic carbocycles. The van der Waals surface area contributed by atoms with E-state index in [1.807, 2.05) is 30.3 Å². The number of nitrogens with zero attached hydrogens (tertiary/aromatic N) is 1. The van der Waals surface area contributed by atoms with Gasteiger partial charge in [-0.15, -0.1) is 0 Å². The number of rotatable bonds is 3. The standard InChI is InChI=1S/C18H16N2OS/c1-11-7-8-15-16(9-11)22-18(19-15)20-17(21)14-10-13(14)12-5-3-2-4-6-12/h2-9,13-14H,10H2,1H3,(H,19,20,21)/t13-,14-/m0/s1. The van der Waals surface area contributed by atoms with Gasteiger partial charge in [0.2, 0.25) is 5.91 Å². The summed E-state index contributed by atoms with van der Waals surface area (Å²) >= 11 is 1.54. The lowest BCUT2D eigenvalue weighted by atomic mass is 10.1. The first-order valence-electron chi connectivity index (χ1n) is 7.44. The van der Waals surface area contributed by atoms with Crippen LogP contribution in [0.4, 0.5) is 5.13 Å². The van der Waals surface area contributed by atoms with Gasteiger partial charge in [-0.3, -0.25) is 4.79 Å². The second-order valence-corrected chi connectivity index (χ2v) is 6.87. The Morgan fingerprint density at radius 1 is 1.23 bits per heavy atom. The van der Waals surface area contributed by atoms with Gasteiger partial charge in [0.1, 0.15) is 0 Å². The fourth-order valence-corrected chi connectivity index (χ4v) is 3.80. The van der Waals surface area contributed by atoms with E-state index in [4.69, 9.17) is 0 Å². The lowest BCUT2D eigenvalue weighted by Crippen LogP contribution is -2.14. The van der Waals surface area contributed by atoms with Crippen molar-refractivity contribution in [3.05, 3.63) is 59.7 Å². The molecule has 1 amide bonds. The lowest BCUT2D eigenvalue weighted by Gasteiger charge is -2.01. The van der Waals surface area contributed by atoms with Gasteiger partial charge in [0, 0.05) is 5.92 Å². The number of aryl methyl sites for hydroxylation is 1. The first-order chi connectivity index (χ1) is 10.7. The van der Waals surface area contributed by atoms with Gasteiger partial charge in [0.25, 0.3) is 0 Å². The molecule has 1 N–H and O–H groups in total. The molecule has 0 unspecified atom stereocenters. The predicted octanol–water partition coefficient (Wildman–Crippen LogP) is 4.35. The summed E-state index contributed by atoms with van der Waals surface area (Å²) in [5.41, 5.74) is 3.41. The summed E-state index contributed by atoms with van der Waals surface area (Å²) in [5.74, 6) is 0.526. The summed E-state index contributed by atoms with van der Waals surface area (Å²) < 4.78 is 1.12. The van der Waals surface area contributed by atoms with E-state index in [0.29, 0.717) is 11.0 Å². The van der Waals surface area contributed by atoms with Crippen molar-refractivity contribution >= 4 is 32.6 Å². The molecule has 110 valence electrons. The Hall–Kier alpha value is -2.20. The van der Waals surface area contributed by atoms with Gasteiger partial charge in [-0.05, 0) is 42.5 Å². The molecule has 1 saturated carbocycles. The fraction of sp³-hybridized carbons (Fsp3) is 0.222. The van der Waals surface area contributed by atoms with Crippen LogP contribution in [0.25, 0.3) is 10.2 Å². The van der Waals surface area contributed by atoms with Gasteiger partial charge >= 0.3 is 0 Å². The molecule has 3 aromatic rings. The molecule has 0 bridgehead atoms. The Morgan fingerprint density at radius 2 is 2.05 bits per heavy atom. The number of aromatic nitrogens is 1. The van der Waals surface area contributed by atoms with E-state index in [2.05, 4.69) is 35.4 Å². The van der Waals surface area contributed by atoms with Crippen molar-refractivity contribution in [1.29, 1.82) is 0 Å². The molecule has 0 radical (unpaired) electrons. The average molecular weight is 308 g/mol. The monoisotopic (exact) mass is 308 g/mol. The largest absolute Gasteiger partial charge is 0.302 e. The van der Waals surface area contributed by atoms with Gasteiger partial charge in [0.05, 0.1) is 10.2 Å². The topological polar surface area (TPSA) is 42.0 Å². The van der Waals surface area contributed by atoms with E-state index in [1.165, 1.54) is 22.5 Å². The molecule has 2 atom stereocenters. The van der Waals surface area contributed by atoms with Crippen LogP contribution in [0.2, 0.25) is 0 Å². The quantitative estimate of drug-likeness (QED) is 0.781. The Morgan fingerprint density at radius 3 is 2.86 bits per heavy atom. The summed E-state index contributed by atoms with van der Waals surface area (Å²) in [6.45, 7) is 2.06. The SMILES string of the molecule is Cc1ccc2nc(NC(=O)[C@H]3C[C@H]3c3ccccc3)sc2c1. The molecule has 0 aliphatic heterocycles. The first-order valence-corrected chi connectivity index (χ1v) is 8.25. The molecule has 4 rings (SSSR count). The molecule has 1 aromatic heterocycles. The van der Waals surface area contributed by atoms with Gasteiger partial charge in [-0.2, -0.15) is 0 Å². The Balaban J connectivity index is 1.48. The van der Waals surface area contributed by atoms with Crippen molar-refractivity contribution in [2.24, 2.45) is 5.92 Å². The zero-order valence-electron chi connectivity index (χ0n) is 12.2. The summed E-state index contributed by atoms with van der Waals surface area (Å²) in [5, 5.41) is 3.68. The average Bonchev–Trinajstić information content (AvgIpc) is 3.23. The van der Waals surface area contributed by atoms with Gasteiger partial charge in [-0.1, -0.05) is 47.7 Å². The van der Waals surface area contributed by atoms with Crippen LogP contribution in [0, 0.1) is 12.8 Å². The van der Waals surface area contributed by atoms with Crippen molar-refractivity contribution < 1.29 is 4.79 Å². The summed E-state index contributed by atoms with van der Waals surface area (Å²) in [6, 6.07) is 16.4. The van der Waals surface area contributed by atoms with Crippen molar-refractivity contribution in [3.63, 3.8) is 0 Å².